The minimum absolute atomic E-state index is 0.163. The van der Waals surface area contributed by atoms with E-state index in [4.69, 9.17) is 5.73 Å². The van der Waals surface area contributed by atoms with Crippen molar-refractivity contribution in [2.24, 2.45) is 5.73 Å². The lowest BCUT2D eigenvalue weighted by Gasteiger charge is -2.10. The van der Waals surface area contributed by atoms with Crippen LogP contribution in [0.1, 0.15) is 11.1 Å². The molecule has 7 heteroatoms. The Bertz CT molecular complexity index is 560. The Kier molecular flexibility index (Phi) is 6.21. The van der Waals surface area contributed by atoms with Gasteiger partial charge in [-0.2, -0.15) is 13.2 Å². The standard InChI is InChI=1S/C14H15F3N2O2/c1-10-4-5-11(3-2-6-18)12(7-10)19-13(20)8-21-9-14(15,16)17/h4-5,7H,6,8-9,18H2,1H3,(H,19,20). The highest BCUT2D eigenvalue weighted by Gasteiger charge is 2.27. The van der Waals surface area contributed by atoms with Gasteiger partial charge in [0.1, 0.15) is 13.2 Å². The molecule has 1 aromatic rings. The average molecular weight is 300 g/mol. The Hall–Kier alpha value is -2.04. The van der Waals surface area contributed by atoms with E-state index in [0.717, 1.165) is 5.56 Å². The van der Waals surface area contributed by atoms with Gasteiger partial charge in [0.05, 0.1) is 12.2 Å². The molecule has 1 amide bonds. The third-order valence-corrected chi connectivity index (χ3v) is 2.27. The molecule has 0 radical (unpaired) electrons. The quantitative estimate of drug-likeness (QED) is 0.834. The molecule has 3 N–H and O–H groups in total. The highest BCUT2D eigenvalue weighted by Crippen LogP contribution is 2.17. The van der Waals surface area contributed by atoms with Gasteiger partial charge in [0.25, 0.3) is 0 Å². The fourth-order valence-electron chi connectivity index (χ4n) is 1.46. The van der Waals surface area contributed by atoms with Gasteiger partial charge in [0, 0.05) is 5.56 Å². The van der Waals surface area contributed by atoms with E-state index in [-0.39, 0.29) is 6.54 Å². The number of hydrogen-bond donors (Lipinski definition) is 2. The maximum absolute atomic E-state index is 11.9. The minimum atomic E-state index is -4.46. The molecule has 0 aliphatic rings. The van der Waals surface area contributed by atoms with Crippen molar-refractivity contribution in [2.45, 2.75) is 13.1 Å². The molecule has 0 fully saturated rings. The zero-order valence-corrected chi connectivity index (χ0v) is 11.4. The summed E-state index contributed by atoms with van der Waals surface area (Å²) in [6.45, 7) is -0.169. The Balaban J connectivity index is 2.68. The van der Waals surface area contributed by atoms with Crippen LogP contribution in [0, 0.1) is 18.8 Å². The summed E-state index contributed by atoms with van der Waals surface area (Å²) in [4.78, 5) is 11.6. The largest absolute Gasteiger partial charge is 0.411 e. The summed E-state index contributed by atoms with van der Waals surface area (Å²) >= 11 is 0. The van der Waals surface area contributed by atoms with Crippen molar-refractivity contribution in [3.8, 4) is 11.8 Å². The molecule has 21 heavy (non-hydrogen) atoms. The number of amides is 1. The summed E-state index contributed by atoms with van der Waals surface area (Å²) in [6, 6.07) is 5.17. The second-order valence-corrected chi connectivity index (χ2v) is 4.21. The molecule has 0 saturated carbocycles. The number of anilines is 1. The monoisotopic (exact) mass is 300 g/mol. The van der Waals surface area contributed by atoms with Gasteiger partial charge < -0.3 is 15.8 Å². The van der Waals surface area contributed by atoms with Crippen LogP contribution in [0.2, 0.25) is 0 Å². The zero-order valence-electron chi connectivity index (χ0n) is 11.4. The Morgan fingerprint density at radius 2 is 2.14 bits per heavy atom. The number of hydrogen-bond acceptors (Lipinski definition) is 3. The molecule has 114 valence electrons. The number of halogens is 3. The second-order valence-electron chi connectivity index (χ2n) is 4.21. The maximum Gasteiger partial charge on any atom is 0.411 e. The number of nitrogens with two attached hydrogens (primary N) is 1. The molecule has 0 saturated heterocycles. The number of aryl methyl sites for hydroxylation is 1. The van der Waals surface area contributed by atoms with Gasteiger partial charge in [-0.3, -0.25) is 4.79 Å². The van der Waals surface area contributed by atoms with Gasteiger partial charge in [0.2, 0.25) is 5.91 Å². The van der Waals surface area contributed by atoms with E-state index < -0.39 is 25.3 Å². The molecule has 0 heterocycles. The number of benzene rings is 1. The first-order valence-electron chi connectivity index (χ1n) is 6.06. The van der Waals surface area contributed by atoms with Crippen molar-refractivity contribution >= 4 is 11.6 Å². The number of nitrogens with one attached hydrogen (secondary N) is 1. The molecule has 0 atom stereocenters. The van der Waals surface area contributed by atoms with Gasteiger partial charge in [-0.15, -0.1) is 0 Å². The van der Waals surface area contributed by atoms with E-state index in [9.17, 15) is 18.0 Å². The van der Waals surface area contributed by atoms with Gasteiger partial charge in [-0.05, 0) is 24.6 Å². The highest BCUT2D eigenvalue weighted by atomic mass is 19.4. The first-order chi connectivity index (χ1) is 9.81. The van der Waals surface area contributed by atoms with Gasteiger partial charge >= 0.3 is 6.18 Å². The summed E-state index contributed by atoms with van der Waals surface area (Å²) in [5.74, 6) is 4.74. The number of carbonyl (C=O) groups excluding carboxylic acids is 1. The SMILES string of the molecule is Cc1ccc(C#CCN)c(NC(=O)COCC(F)(F)F)c1. The third-order valence-electron chi connectivity index (χ3n) is 2.27. The van der Waals surface area contributed by atoms with Crippen LogP contribution in [-0.2, 0) is 9.53 Å². The Morgan fingerprint density at radius 3 is 2.76 bits per heavy atom. The maximum atomic E-state index is 11.9. The fraction of sp³-hybridized carbons (Fsp3) is 0.357. The van der Waals surface area contributed by atoms with Gasteiger partial charge in [0.15, 0.2) is 0 Å². The van der Waals surface area contributed by atoms with Gasteiger partial charge in [-0.25, -0.2) is 0 Å². The first-order valence-corrected chi connectivity index (χ1v) is 6.06. The first kappa shape index (κ1) is 17.0. The van der Waals surface area contributed by atoms with E-state index in [2.05, 4.69) is 21.9 Å². The van der Waals surface area contributed by atoms with Crippen molar-refractivity contribution in [3.05, 3.63) is 29.3 Å². The van der Waals surface area contributed by atoms with Crippen molar-refractivity contribution < 1.29 is 22.7 Å². The van der Waals surface area contributed by atoms with E-state index >= 15 is 0 Å². The molecular formula is C14H15F3N2O2. The molecule has 4 nitrogen and oxygen atoms in total. The van der Waals surface area contributed by atoms with Crippen LogP contribution in [-0.4, -0.2) is 31.8 Å². The Labute approximate surface area is 120 Å². The third kappa shape index (κ3) is 6.79. The van der Waals surface area contributed by atoms with Crippen LogP contribution in [0.5, 0.6) is 0 Å². The van der Waals surface area contributed by atoms with Crippen molar-refractivity contribution in [1.82, 2.24) is 0 Å². The van der Waals surface area contributed by atoms with Crippen molar-refractivity contribution in [1.29, 1.82) is 0 Å². The van der Waals surface area contributed by atoms with Crippen molar-refractivity contribution in [3.63, 3.8) is 0 Å². The summed E-state index contributed by atoms with van der Waals surface area (Å²) in [5, 5.41) is 2.47. The summed E-state index contributed by atoms with van der Waals surface area (Å²) in [7, 11) is 0. The molecule has 1 aromatic carbocycles. The molecule has 1 rings (SSSR count). The van der Waals surface area contributed by atoms with Crippen LogP contribution in [0.15, 0.2) is 18.2 Å². The van der Waals surface area contributed by atoms with Crippen LogP contribution >= 0.6 is 0 Å². The van der Waals surface area contributed by atoms with Crippen LogP contribution in [0.25, 0.3) is 0 Å². The van der Waals surface area contributed by atoms with E-state index in [0.29, 0.717) is 11.3 Å². The van der Waals surface area contributed by atoms with E-state index in [1.165, 1.54) is 0 Å². The number of alkyl halides is 3. The predicted molar refractivity (Wildman–Crippen MR) is 72.6 cm³/mol. The molecule has 0 spiro atoms. The van der Waals surface area contributed by atoms with E-state index in [1.807, 2.05) is 6.92 Å². The fourth-order valence-corrected chi connectivity index (χ4v) is 1.46. The summed E-state index contributed by atoms with van der Waals surface area (Å²) in [5.41, 5.74) is 7.10. The van der Waals surface area contributed by atoms with Crippen LogP contribution in [0.4, 0.5) is 18.9 Å². The summed E-state index contributed by atoms with van der Waals surface area (Å²) in [6.07, 6.45) is -4.46. The molecule has 0 aliphatic heterocycles. The van der Waals surface area contributed by atoms with Gasteiger partial charge in [-0.1, -0.05) is 17.9 Å². The zero-order chi connectivity index (χ0) is 15.9. The lowest BCUT2D eigenvalue weighted by atomic mass is 10.1. The summed E-state index contributed by atoms with van der Waals surface area (Å²) < 4.78 is 40.0. The lowest BCUT2D eigenvalue weighted by molar-refractivity contribution is -0.174. The minimum Gasteiger partial charge on any atom is -0.362 e. The Morgan fingerprint density at radius 1 is 1.43 bits per heavy atom. The molecular weight excluding hydrogens is 285 g/mol. The smallest absolute Gasteiger partial charge is 0.362 e. The lowest BCUT2D eigenvalue weighted by Crippen LogP contribution is -2.24. The highest BCUT2D eigenvalue weighted by molar-refractivity contribution is 5.93. The number of rotatable bonds is 4. The predicted octanol–water partition coefficient (Wildman–Crippen LogP) is 1.82. The molecule has 0 aromatic heterocycles. The molecule has 0 bridgehead atoms. The molecule has 0 unspecified atom stereocenters. The van der Waals surface area contributed by atoms with Crippen LogP contribution < -0.4 is 11.1 Å². The topological polar surface area (TPSA) is 64.3 Å². The normalized spacial score (nSPS) is 10.7. The average Bonchev–Trinajstić information content (AvgIpc) is 2.36. The molecule has 0 aliphatic carbocycles. The van der Waals surface area contributed by atoms with Crippen LogP contribution in [0.3, 0.4) is 0 Å². The number of carbonyl (C=O) groups is 1. The second kappa shape index (κ2) is 7.67. The van der Waals surface area contributed by atoms with E-state index in [1.54, 1.807) is 18.2 Å². The number of ether oxygens (including phenoxy) is 1. The van der Waals surface area contributed by atoms with Crippen molar-refractivity contribution in [2.75, 3.05) is 25.1 Å².